The number of amides is 1. The van der Waals surface area contributed by atoms with Gasteiger partial charge in [-0.25, -0.2) is 0 Å². The molecule has 1 amide bonds. The van der Waals surface area contributed by atoms with Crippen LogP contribution >= 0.6 is 11.6 Å². The summed E-state index contributed by atoms with van der Waals surface area (Å²) < 4.78 is 0. The highest BCUT2D eigenvalue weighted by molar-refractivity contribution is 6.31. The molecular weight excluding hydrogens is 316 g/mol. The number of carbonyl (C=O) groups is 2. The standard InChI is InChI=1S/C17H17ClN2O3/c18-13-8-14(19-9-13)17(23)20-10-11(5-6-16(21)22)7-12-3-1-2-4-15(12)20/h1-4,8-9,11,19H,5-7,10H2,(H,21,22). The smallest absolute Gasteiger partial charge is 0.303 e. The monoisotopic (exact) mass is 332 g/mol. The maximum Gasteiger partial charge on any atom is 0.303 e. The molecule has 1 unspecified atom stereocenters. The van der Waals surface area contributed by atoms with Gasteiger partial charge in [0, 0.05) is 24.8 Å². The maximum absolute atomic E-state index is 12.8. The van der Waals surface area contributed by atoms with Crippen LogP contribution in [-0.4, -0.2) is 28.5 Å². The summed E-state index contributed by atoms with van der Waals surface area (Å²) in [7, 11) is 0. The summed E-state index contributed by atoms with van der Waals surface area (Å²) in [5.74, 6) is -0.822. The third-order valence-electron chi connectivity index (χ3n) is 4.12. The molecule has 0 aliphatic carbocycles. The molecule has 1 aliphatic rings. The molecule has 1 aromatic heterocycles. The first-order valence-corrected chi connectivity index (χ1v) is 7.88. The number of rotatable bonds is 4. The van der Waals surface area contributed by atoms with E-state index in [2.05, 4.69) is 4.98 Å². The van der Waals surface area contributed by atoms with Crippen molar-refractivity contribution in [2.75, 3.05) is 11.4 Å². The summed E-state index contributed by atoms with van der Waals surface area (Å²) in [4.78, 5) is 28.2. The van der Waals surface area contributed by atoms with E-state index in [9.17, 15) is 9.59 Å². The molecule has 0 radical (unpaired) electrons. The van der Waals surface area contributed by atoms with Crippen LogP contribution in [0.3, 0.4) is 0 Å². The summed E-state index contributed by atoms with van der Waals surface area (Å²) in [5, 5.41) is 9.38. The van der Waals surface area contributed by atoms with Gasteiger partial charge in [-0.2, -0.15) is 0 Å². The predicted molar refractivity (Wildman–Crippen MR) is 88.0 cm³/mol. The Morgan fingerprint density at radius 2 is 2.13 bits per heavy atom. The quantitative estimate of drug-likeness (QED) is 0.901. The van der Waals surface area contributed by atoms with Gasteiger partial charge in [0.25, 0.3) is 5.91 Å². The van der Waals surface area contributed by atoms with E-state index >= 15 is 0 Å². The summed E-state index contributed by atoms with van der Waals surface area (Å²) in [6.07, 6.45) is 3.04. The number of carbonyl (C=O) groups excluding carboxylic acids is 1. The number of fused-ring (bicyclic) bond motifs is 1. The number of carboxylic acid groups (broad SMARTS) is 1. The number of nitrogens with one attached hydrogen (secondary N) is 1. The second-order valence-corrected chi connectivity index (χ2v) is 6.22. The molecule has 6 heteroatoms. The van der Waals surface area contributed by atoms with Crippen molar-refractivity contribution in [3.05, 3.63) is 52.8 Å². The average molecular weight is 333 g/mol. The van der Waals surface area contributed by atoms with Gasteiger partial charge in [0.2, 0.25) is 0 Å². The first-order chi connectivity index (χ1) is 11.0. The Morgan fingerprint density at radius 1 is 1.35 bits per heavy atom. The fourth-order valence-corrected chi connectivity index (χ4v) is 3.19. The number of aliphatic carboxylic acids is 1. The van der Waals surface area contributed by atoms with Crippen LogP contribution in [0.5, 0.6) is 0 Å². The third kappa shape index (κ3) is 3.40. The molecule has 0 bridgehead atoms. The van der Waals surface area contributed by atoms with Gasteiger partial charge >= 0.3 is 5.97 Å². The molecule has 0 fully saturated rings. The number of halogens is 1. The van der Waals surface area contributed by atoms with Crippen molar-refractivity contribution < 1.29 is 14.7 Å². The summed E-state index contributed by atoms with van der Waals surface area (Å²) in [6, 6.07) is 9.35. The van der Waals surface area contributed by atoms with Gasteiger partial charge in [-0.1, -0.05) is 29.8 Å². The van der Waals surface area contributed by atoms with Crippen LogP contribution in [0.25, 0.3) is 0 Å². The highest BCUT2D eigenvalue weighted by Gasteiger charge is 2.29. The lowest BCUT2D eigenvalue weighted by molar-refractivity contribution is -0.137. The van der Waals surface area contributed by atoms with E-state index in [0.717, 1.165) is 17.7 Å². The Hall–Kier alpha value is -2.27. The van der Waals surface area contributed by atoms with E-state index in [-0.39, 0.29) is 18.2 Å². The minimum atomic E-state index is -0.808. The molecule has 5 nitrogen and oxygen atoms in total. The fraction of sp³-hybridized carbons (Fsp3) is 0.294. The van der Waals surface area contributed by atoms with Crippen molar-refractivity contribution in [2.45, 2.75) is 19.3 Å². The first-order valence-electron chi connectivity index (χ1n) is 7.50. The van der Waals surface area contributed by atoms with Gasteiger partial charge in [0.05, 0.1) is 5.02 Å². The van der Waals surface area contributed by atoms with Gasteiger partial charge in [0.1, 0.15) is 5.69 Å². The predicted octanol–water partition coefficient (Wildman–Crippen LogP) is 3.35. The SMILES string of the molecule is O=C(O)CCC1Cc2ccccc2N(C(=O)c2cc(Cl)c[nH]2)C1. The molecular formula is C17H17ClN2O3. The van der Waals surface area contributed by atoms with Crippen LogP contribution in [0, 0.1) is 5.92 Å². The number of hydrogen-bond donors (Lipinski definition) is 2. The number of H-pyrrole nitrogens is 1. The normalized spacial score (nSPS) is 16.9. The molecule has 1 atom stereocenters. The fourth-order valence-electron chi connectivity index (χ4n) is 3.03. The minimum absolute atomic E-state index is 0.114. The molecule has 0 saturated carbocycles. The maximum atomic E-state index is 12.8. The molecule has 0 saturated heterocycles. The van der Waals surface area contributed by atoms with Crippen LogP contribution in [0.15, 0.2) is 36.5 Å². The second kappa shape index (κ2) is 6.46. The van der Waals surface area contributed by atoms with Crippen LogP contribution in [0.1, 0.15) is 28.9 Å². The Balaban J connectivity index is 1.88. The van der Waals surface area contributed by atoms with Gasteiger partial charge in [-0.3, -0.25) is 9.59 Å². The van der Waals surface area contributed by atoms with Crippen molar-refractivity contribution in [2.24, 2.45) is 5.92 Å². The highest BCUT2D eigenvalue weighted by Crippen LogP contribution is 2.32. The zero-order chi connectivity index (χ0) is 16.4. The summed E-state index contributed by atoms with van der Waals surface area (Å²) in [6.45, 7) is 0.514. The Kier molecular flexibility index (Phi) is 4.39. The number of aromatic amines is 1. The number of hydrogen-bond acceptors (Lipinski definition) is 2. The second-order valence-electron chi connectivity index (χ2n) is 5.78. The highest BCUT2D eigenvalue weighted by atomic mass is 35.5. The lowest BCUT2D eigenvalue weighted by Gasteiger charge is -2.34. The molecule has 0 spiro atoms. The molecule has 1 aromatic carbocycles. The van der Waals surface area contributed by atoms with Crippen molar-refractivity contribution in [1.82, 2.24) is 4.98 Å². The number of benzene rings is 1. The number of anilines is 1. The molecule has 3 rings (SSSR count). The van der Waals surface area contributed by atoms with Crippen molar-refractivity contribution in [3.63, 3.8) is 0 Å². The van der Waals surface area contributed by atoms with Crippen LogP contribution < -0.4 is 4.90 Å². The number of carboxylic acids is 1. The van der Waals surface area contributed by atoms with Crippen LogP contribution in [0.4, 0.5) is 5.69 Å². The van der Waals surface area contributed by atoms with Crippen molar-refractivity contribution >= 4 is 29.2 Å². The van der Waals surface area contributed by atoms with Crippen molar-refractivity contribution in [3.8, 4) is 0 Å². The zero-order valence-electron chi connectivity index (χ0n) is 12.5. The van der Waals surface area contributed by atoms with E-state index in [1.165, 1.54) is 0 Å². The molecule has 2 N–H and O–H groups in total. The van der Waals surface area contributed by atoms with Crippen LogP contribution in [-0.2, 0) is 11.2 Å². The number of para-hydroxylation sites is 1. The molecule has 2 heterocycles. The average Bonchev–Trinajstić information content (AvgIpc) is 2.98. The minimum Gasteiger partial charge on any atom is -0.481 e. The number of aromatic nitrogens is 1. The van der Waals surface area contributed by atoms with Gasteiger partial charge in [0.15, 0.2) is 0 Å². The molecule has 120 valence electrons. The Bertz CT molecular complexity index is 741. The molecule has 2 aromatic rings. The van der Waals surface area contributed by atoms with Gasteiger partial charge in [-0.15, -0.1) is 0 Å². The van der Waals surface area contributed by atoms with E-state index in [4.69, 9.17) is 16.7 Å². The van der Waals surface area contributed by atoms with E-state index in [1.54, 1.807) is 17.2 Å². The van der Waals surface area contributed by atoms with E-state index < -0.39 is 5.97 Å². The van der Waals surface area contributed by atoms with Crippen molar-refractivity contribution in [1.29, 1.82) is 0 Å². The first kappa shape index (κ1) is 15.6. The molecule has 1 aliphatic heterocycles. The van der Waals surface area contributed by atoms with Crippen LogP contribution in [0.2, 0.25) is 5.02 Å². The van der Waals surface area contributed by atoms with E-state index in [0.29, 0.717) is 23.7 Å². The Labute approximate surface area is 138 Å². The Morgan fingerprint density at radius 3 is 2.83 bits per heavy atom. The van der Waals surface area contributed by atoms with E-state index in [1.807, 2.05) is 24.3 Å². The summed E-state index contributed by atoms with van der Waals surface area (Å²) >= 11 is 5.89. The third-order valence-corrected chi connectivity index (χ3v) is 4.34. The lowest BCUT2D eigenvalue weighted by Crippen LogP contribution is -2.40. The summed E-state index contributed by atoms with van der Waals surface area (Å²) in [5.41, 5.74) is 2.39. The molecule has 23 heavy (non-hydrogen) atoms. The lowest BCUT2D eigenvalue weighted by atomic mass is 9.89. The zero-order valence-corrected chi connectivity index (χ0v) is 13.2. The largest absolute Gasteiger partial charge is 0.481 e. The van der Waals surface area contributed by atoms with Gasteiger partial charge < -0.3 is 15.0 Å². The van der Waals surface area contributed by atoms with Gasteiger partial charge in [-0.05, 0) is 36.5 Å². The topological polar surface area (TPSA) is 73.4 Å². The number of nitrogens with zero attached hydrogens (tertiary/aromatic N) is 1.